The Labute approximate surface area is 826 Å². The van der Waals surface area contributed by atoms with Crippen molar-refractivity contribution >= 4 is 152 Å². The van der Waals surface area contributed by atoms with Gasteiger partial charge in [-0.3, -0.25) is 95.9 Å². The molecule has 3 fully saturated rings. The molecule has 47 nitrogen and oxygen atoms in total. The van der Waals surface area contributed by atoms with Gasteiger partial charge in [0.2, 0.25) is 94.5 Å². The number of aromatic nitrogens is 4. The number of hydrogen-bond acceptors (Lipinski definition) is 26. The van der Waals surface area contributed by atoms with Crippen molar-refractivity contribution in [2.45, 2.75) is 239 Å². The molecule has 0 unspecified atom stereocenters. The average molecular weight is 2010 g/mol. The van der Waals surface area contributed by atoms with Crippen LogP contribution in [-0.4, -0.2) is 337 Å². The Hall–Kier alpha value is -14.9. The maximum Gasteiger partial charge on any atom is 0.305 e. The fourth-order valence-corrected chi connectivity index (χ4v) is 18.1. The number of nitrogens with zero attached hydrogens (tertiary/aromatic N) is 6. The summed E-state index contributed by atoms with van der Waals surface area (Å²) < 4.78 is 0. The van der Waals surface area contributed by atoms with Crippen molar-refractivity contribution in [1.82, 2.24) is 97.6 Å². The summed E-state index contributed by atoms with van der Waals surface area (Å²) in [4.78, 5) is 308. The third-order valence-electron chi connectivity index (χ3n) is 25.4. The zero-order chi connectivity index (χ0) is 105. The highest BCUT2D eigenvalue weighted by atomic mass is 32.2. The number of thioether (sulfide) groups is 1. The number of para-hydroxylation sites is 2. The molecule has 143 heavy (non-hydrogen) atoms. The lowest BCUT2D eigenvalue weighted by molar-refractivity contribution is -0.151. The van der Waals surface area contributed by atoms with Crippen molar-refractivity contribution in [2.75, 3.05) is 58.9 Å². The Balaban J connectivity index is 1.12. The lowest BCUT2D eigenvalue weighted by Gasteiger charge is -2.37. The molecule has 0 spiro atoms. The number of likely N-dealkylation sites (N-methyl/N-ethyl adjacent to an activating group) is 3. The molecule has 48 heteroatoms. The second-order valence-electron chi connectivity index (χ2n) is 35.8. The van der Waals surface area contributed by atoms with Crippen LogP contribution < -0.4 is 70.4 Å². The number of aliphatic carboxylic acids is 2. The number of unbranched alkanes of at least 4 members (excludes halogenated alkanes) is 2. The van der Waals surface area contributed by atoms with E-state index in [2.05, 4.69) is 79.0 Å². The monoisotopic (exact) mass is 2010 g/mol. The van der Waals surface area contributed by atoms with Crippen LogP contribution in [0.3, 0.4) is 0 Å². The van der Waals surface area contributed by atoms with Gasteiger partial charge in [0.1, 0.15) is 78.3 Å². The van der Waals surface area contributed by atoms with Gasteiger partial charge >= 0.3 is 11.9 Å². The van der Waals surface area contributed by atoms with Crippen molar-refractivity contribution in [3.8, 4) is 18.1 Å². The number of imidazole rings is 1. The van der Waals surface area contributed by atoms with Gasteiger partial charge < -0.3 is 135 Å². The molecular formula is C95H126N22O25S. The molecule has 6 aromatic rings. The first-order valence-electron chi connectivity index (χ1n) is 46.9. The fraction of sp³-hybridized carbons (Fsp3) is 0.505. The number of amides is 17. The van der Waals surface area contributed by atoms with E-state index in [0.29, 0.717) is 63.1 Å². The van der Waals surface area contributed by atoms with Gasteiger partial charge in [-0.05, 0) is 92.8 Å². The van der Waals surface area contributed by atoms with E-state index < -0.39 is 297 Å². The Morgan fingerprint density at radius 2 is 1.20 bits per heavy atom. The zero-order valence-corrected chi connectivity index (χ0v) is 80.9. The lowest BCUT2D eigenvalue weighted by atomic mass is 9.90. The van der Waals surface area contributed by atoms with E-state index in [4.69, 9.17) is 23.6 Å². The maximum absolute atomic E-state index is 15.8. The summed E-state index contributed by atoms with van der Waals surface area (Å²) in [7, 11) is 3.66. The number of hydrogen-bond donors (Lipinski definition) is 21. The van der Waals surface area contributed by atoms with E-state index in [-0.39, 0.29) is 82.2 Å². The number of phenols is 1. The average Bonchev–Trinajstić information content (AvgIpc) is 1.64. The van der Waals surface area contributed by atoms with E-state index in [1.165, 1.54) is 57.8 Å². The van der Waals surface area contributed by atoms with E-state index in [0.717, 1.165) is 31.5 Å². The number of carboxylic acid groups (broad SMARTS) is 2. The number of carboxylic acids is 2. The number of primary amides is 2. The number of nitrogens with two attached hydrogens (primary N) is 3. The molecule has 16 atom stereocenters. The highest BCUT2D eigenvalue weighted by molar-refractivity contribution is 8.00. The first-order valence-corrected chi connectivity index (χ1v) is 48.1. The third-order valence-corrected chi connectivity index (χ3v) is 26.5. The minimum Gasteiger partial charge on any atom is -0.508 e. The molecule has 17 amide bonds. The van der Waals surface area contributed by atoms with Gasteiger partial charge in [-0.1, -0.05) is 88.1 Å². The molecule has 3 aromatic carbocycles. The number of carbonyl (C=O) groups excluding carboxylic acids is 18. The summed E-state index contributed by atoms with van der Waals surface area (Å²) in [6.45, 7) is 1.71. The lowest BCUT2D eigenvalue weighted by Crippen LogP contribution is -2.68. The van der Waals surface area contributed by atoms with Crippen molar-refractivity contribution < 1.29 is 121 Å². The normalized spacial score (nSPS) is 24.7. The van der Waals surface area contributed by atoms with Gasteiger partial charge in [0, 0.05) is 138 Å². The standard InChI is InChI=1S/C95H126N22O25S/c1-8-11-23-72-88(136)106-64(30-32-79(125)126)85(133)111-71(84(132)102-45-77(123)104-63(18-10-3)81(97)129)48-143-49-78(124)105-67(35-52-25-27-57(119)28-26-52)89(137)113(5)51(4)82(130)108-69(41-80(127)128)92(140)117-34-17-33-95(117,98)94(142)112-66(39-56-44-99-50-103-56)86(134)107-65(29-31-76(96)122)91(139)116-46-58(120)40-74(116)75(121)38-53(36-54-42-100-61-21-15-13-19-59(54)61)83(131)110-70(47-118)87(135)109-68(37-55-43-101-62-22-16-14-20-60(55)62)90(138)115(7)73(24-12-9-2)93(141)114(72)6/h3,13-16,19-22,25-28,42-44,50-51,53,58,63-74,100-101,118-120H,8-9,11-12,17-18,23-24,29-41,45-49,98H2,1-2,4-7H3,(H2,96,122)(H2,97,129)(H,99,103)(H,102,132)(H,104,123)(H,105,124)(H,106,136)(H,107,134)(H,108,130)(H,109,135)(H,110,131)(H,111,133)(H,112,142)(H,125,126)(H,127,128)/t51-,53+,58+,63-,64-,65-,66-,67-,68-,69-,70-,71-,72-,73-,74-,95-/m0/s1. The smallest absolute Gasteiger partial charge is 0.305 e. The van der Waals surface area contributed by atoms with Crippen LogP contribution in [0.25, 0.3) is 21.8 Å². The summed E-state index contributed by atoms with van der Waals surface area (Å²) in [6.07, 6.45) is 3.35. The molecular weight excluding hydrogens is 1880 g/mol. The number of aromatic hydroxyl groups is 1. The molecule has 0 bridgehead atoms. The summed E-state index contributed by atoms with van der Waals surface area (Å²) in [6, 6.07) is -3.26. The summed E-state index contributed by atoms with van der Waals surface area (Å²) >= 11 is 0.631. The Morgan fingerprint density at radius 3 is 1.80 bits per heavy atom. The largest absolute Gasteiger partial charge is 0.508 e. The van der Waals surface area contributed by atoms with Gasteiger partial charge in [-0.2, -0.15) is 0 Å². The number of phenolic OH excluding ortho intramolecular Hbond substituents is 1. The predicted octanol–water partition coefficient (Wildman–Crippen LogP) is -3.62. The highest BCUT2D eigenvalue weighted by Gasteiger charge is 2.51. The number of rotatable bonds is 29. The second-order valence-corrected chi connectivity index (χ2v) is 36.8. The first kappa shape index (κ1) is 112. The van der Waals surface area contributed by atoms with Gasteiger partial charge in [-0.15, -0.1) is 24.1 Å². The number of benzene rings is 3. The van der Waals surface area contributed by atoms with E-state index in [9.17, 15) is 73.5 Å². The summed E-state index contributed by atoms with van der Waals surface area (Å²) in [5, 5.41) is 79.5. The minimum absolute atomic E-state index is 0.0573. The van der Waals surface area contributed by atoms with Crippen LogP contribution in [0.2, 0.25) is 0 Å². The number of fused-ring (bicyclic) bond motifs is 4. The predicted molar refractivity (Wildman–Crippen MR) is 515 cm³/mol. The number of carbonyl (C=O) groups is 20. The molecule has 0 saturated carbocycles. The Kier molecular flexibility index (Phi) is 41.1. The van der Waals surface area contributed by atoms with Crippen LogP contribution in [0.15, 0.2) is 97.7 Å². The highest BCUT2D eigenvalue weighted by Crippen LogP contribution is 2.31. The van der Waals surface area contributed by atoms with Crippen LogP contribution in [0, 0.1) is 18.3 Å². The Bertz CT molecular complexity index is 5670. The zero-order valence-electron chi connectivity index (χ0n) is 80.1. The van der Waals surface area contributed by atoms with Crippen molar-refractivity contribution in [2.24, 2.45) is 23.1 Å². The molecule has 0 radical (unpaired) electrons. The topological polar surface area (TPSA) is 717 Å². The van der Waals surface area contributed by atoms with Crippen molar-refractivity contribution in [1.29, 1.82) is 0 Å². The first-order chi connectivity index (χ1) is 68.0. The minimum atomic E-state index is -2.48. The van der Waals surface area contributed by atoms with E-state index >= 15 is 47.9 Å². The van der Waals surface area contributed by atoms with Crippen LogP contribution >= 0.6 is 11.8 Å². The van der Waals surface area contributed by atoms with Gasteiger partial charge in [-0.25, -0.2) is 4.98 Å². The number of nitrogens with one attached hydrogen (secondary N) is 13. The SMILES string of the molecule is C#CC[C@H](NC(=O)CNC(=O)[C@@H]1CSCC(=O)N[C@@H](Cc2ccc(O)cc2)C(=O)N(C)[C@@H](C)C(=O)N[C@@H](CC(=O)O)C(=O)N2CCC[C@@]2(N)C(=O)N[C@@H](Cc2c[nH]cn2)C(=O)N[C@@H](CCC(N)=O)C(=O)N2C[C@H](O)C[C@H]2C(=O)C[C@@H](Cc2c[nH]c3ccccc23)C(=O)N[C@@H](CO)C(=O)N[C@@H](Cc2c[nH]c3ccccc23)C(=O)N(C)[C@@H](CCCC)C(=O)N(C)[C@@H](CCCC)C(=O)N[C@@H](CCC(=O)O)C(=O)N1)C(N)=O. The molecule has 6 heterocycles. The number of aliphatic hydroxyl groups excluding tert-OH is 2. The molecule has 9 rings (SSSR count). The third kappa shape index (κ3) is 30.6. The molecule has 3 aliphatic heterocycles. The van der Waals surface area contributed by atoms with Crippen LogP contribution in [0.1, 0.15) is 146 Å². The fourth-order valence-electron chi connectivity index (χ4n) is 17.3. The van der Waals surface area contributed by atoms with Crippen LogP contribution in [0.5, 0.6) is 5.75 Å². The van der Waals surface area contributed by atoms with Gasteiger partial charge in [0.15, 0.2) is 11.4 Å². The van der Waals surface area contributed by atoms with E-state index in [1.54, 1.807) is 74.8 Å². The van der Waals surface area contributed by atoms with Gasteiger partial charge in [0.05, 0.1) is 49.5 Å². The Morgan fingerprint density at radius 1 is 0.615 bits per heavy atom. The number of H-pyrrole nitrogens is 3. The molecule has 0 aliphatic carbocycles. The second kappa shape index (κ2) is 52.6. The van der Waals surface area contributed by atoms with Crippen molar-refractivity contribution in [3.05, 3.63) is 120 Å². The maximum atomic E-state index is 15.8. The molecule has 772 valence electrons. The van der Waals surface area contributed by atoms with Crippen molar-refractivity contribution in [3.63, 3.8) is 0 Å². The molecule has 3 aliphatic rings. The van der Waals surface area contributed by atoms with Gasteiger partial charge in [0.25, 0.3) is 5.91 Å². The quantitative estimate of drug-likeness (QED) is 0.0202. The molecule has 3 saturated heterocycles. The van der Waals surface area contributed by atoms with Crippen LogP contribution in [0.4, 0.5) is 0 Å². The van der Waals surface area contributed by atoms with E-state index in [1.807, 2.05) is 0 Å². The molecule has 3 aromatic heterocycles. The number of aliphatic hydroxyl groups is 2. The summed E-state index contributed by atoms with van der Waals surface area (Å²) in [5.74, 6) is -23.2. The molecule has 24 N–H and O–H groups in total. The number of terminal acetylenes is 1. The number of aromatic amines is 3. The van der Waals surface area contributed by atoms with Crippen LogP contribution in [-0.2, 0) is 122 Å². The summed E-state index contributed by atoms with van der Waals surface area (Å²) in [5.41, 5.74) is 18.1. The number of Topliss-reactive ketones (excluding diaryl/α,β-unsaturated/α-hetero) is 1. The number of ketones is 1.